The van der Waals surface area contributed by atoms with Crippen LogP contribution in [0.5, 0.6) is 5.75 Å². The Morgan fingerprint density at radius 1 is 0.667 bits per heavy atom. The van der Waals surface area contributed by atoms with E-state index in [4.69, 9.17) is 4.74 Å². The lowest BCUT2D eigenvalue weighted by atomic mass is 10.00. The van der Waals surface area contributed by atoms with E-state index in [0.29, 0.717) is 16.7 Å². The van der Waals surface area contributed by atoms with Crippen LogP contribution in [0.25, 0.3) is 21.9 Å². The van der Waals surface area contributed by atoms with E-state index in [1.807, 2.05) is 0 Å². The summed E-state index contributed by atoms with van der Waals surface area (Å²) < 4.78 is 73.8. The maximum absolute atomic E-state index is 13.9. The number of halogens is 5. The quantitative estimate of drug-likeness (QED) is 0.256. The molecule has 4 aromatic carbocycles. The second-order valence-corrected chi connectivity index (χ2v) is 6.97. The molecule has 0 spiro atoms. The van der Waals surface area contributed by atoms with E-state index in [9.17, 15) is 22.0 Å². The third-order valence-electron chi connectivity index (χ3n) is 4.79. The Kier molecular flexibility index (Phi) is 5.16. The zero-order valence-corrected chi connectivity index (χ0v) is 15.8. The number of hydrogen-bond donors (Lipinski definition) is 0. The zero-order valence-electron chi connectivity index (χ0n) is 15.8. The molecule has 0 bridgehead atoms. The van der Waals surface area contributed by atoms with Crippen LogP contribution in [-0.2, 0) is 6.61 Å². The molecule has 0 radical (unpaired) electrons. The van der Waals surface area contributed by atoms with Crippen LogP contribution in [0.1, 0.15) is 11.1 Å². The van der Waals surface area contributed by atoms with Crippen molar-refractivity contribution in [2.75, 3.05) is 0 Å². The number of ether oxygens (including phenoxy) is 1. The smallest absolute Gasteiger partial charge is 0.195 e. The van der Waals surface area contributed by atoms with E-state index in [2.05, 4.69) is 0 Å². The lowest BCUT2D eigenvalue weighted by molar-refractivity contribution is 0.274. The summed E-state index contributed by atoms with van der Waals surface area (Å²) in [5.41, 5.74) is 2.56. The summed E-state index contributed by atoms with van der Waals surface area (Å²) in [6.45, 7) is 1.55. The largest absolute Gasteiger partial charge is 0.483 e. The summed E-state index contributed by atoms with van der Waals surface area (Å²) in [4.78, 5) is 0. The van der Waals surface area contributed by atoms with Crippen LogP contribution in [0.2, 0.25) is 0 Å². The molecule has 30 heavy (non-hydrogen) atoms. The van der Waals surface area contributed by atoms with Gasteiger partial charge in [0.1, 0.15) is 6.61 Å². The summed E-state index contributed by atoms with van der Waals surface area (Å²) in [6, 6.07) is 14.8. The lowest BCUT2D eigenvalue weighted by Crippen LogP contribution is -2.00. The van der Waals surface area contributed by atoms with Gasteiger partial charge in [0, 0.05) is 5.39 Å². The van der Waals surface area contributed by atoms with Gasteiger partial charge in [-0.2, -0.15) is 0 Å². The monoisotopic (exact) mass is 414 g/mol. The fourth-order valence-electron chi connectivity index (χ4n) is 3.26. The molecule has 0 aromatic heterocycles. The molecule has 4 rings (SSSR count). The summed E-state index contributed by atoms with van der Waals surface area (Å²) in [5, 5.41) is 0.228. The lowest BCUT2D eigenvalue weighted by Gasteiger charge is -2.10. The highest BCUT2D eigenvalue weighted by atomic mass is 19.2. The molecule has 6 heteroatoms. The van der Waals surface area contributed by atoms with Crippen molar-refractivity contribution in [3.05, 3.63) is 101 Å². The second kappa shape index (κ2) is 7.78. The van der Waals surface area contributed by atoms with Crippen molar-refractivity contribution in [1.29, 1.82) is 0 Å². The van der Waals surface area contributed by atoms with Gasteiger partial charge in [0.25, 0.3) is 0 Å². The molecule has 152 valence electrons. The normalized spacial score (nSPS) is 11.1. The molecule has 0 saturated carbocycles. The minimum atomic E-state index is -1.50. The average Bonchev–Trinajstić information content (AvgIpc) is 2.71. The molecule has 0 aliphatic heterocycles. The van der Waals surface area contributed by atoms with Gasteiger partial charge in [0.2, 0.25) is 0 Å². The van der Waals surface area contributed by atoms with Gasteiger partial charge in [0.05, 0.1) is 0 Å². The molecule has 0 aliphatic carbocycles. The Hall–Kier alpha value is -3.41. The number of rotatable bonds is 4. The van der Waals surface area contributed by atoms with Crippen LogP contribution >= 0.6 is 0 Å². The molecule has 0 fully saturated rings. The van der Waals surface area contributed by atoms with Gasteiger partial charge < -0.3 is 4.74 Å². The van der Waals surface area contributed by atoms with Crippen molar-refractivity contribution in [3.63, 3.8) is 0 Å². The van der Waals surface area contributed by atoms with Crippen molar-refractivity contribution in [2.45, 2.75) is 13.5 Å². The third kappa shape index (κ3) is 3.73. The van der Waals surface area contributed by atoms with Gasteiger partial charge in [-0.25, -0.2) is 22.0 Å². The molecule has 4 aromatic rings. The van der Waals surface area contributed by atoms with E-state index in [-0.39, 0.29) is 17.4 Å². The SMILES string of the molecule is Cc1cc(F)c(OCc2ccc(-c3ccc4c(F)c(F)c(F)cc4c3)cc2)c(F)c1. The third-order valence-corrected chi connectivity index (χ3v) is 4.79. The Morgan fingerprint density at radius 3 is 1.97 bits per heavy atom. The first-order valence-electron chi connectivity index (χ1n) is 9.08. The highest BCUT2D eigenvalue weighted by molar-refractivity contribution is 5.88. The molecule has 0 saturated heterocycles. The molecule has 0 heterocycles. The van der Waals surface area contributed by atoms with Crippen molar-refractivity contribution in [3.8, 4) is 16.9 Å². The fraction of sp³-hybridized carbons (Fsp3) is 0.0833. The first-order chi connectivity index (χ1) is 14.3. The summed E-state index contributed by atoms with van der Waals surface area (Å²) in [5.74, 6) is -5.94. The first kappa shape index (κ1) is 19.9. The Balaban J connectivity index is 1.56. The predicted molar refractivity (Wildman–Crippen MR) is 105 cm³/mol. The number of fused-ring (bicyclic) bond motifs is 1. The standard InChI is InChI=1S/C24H15F5O/c1-13-8-20(26)24(21(27)9-13)30-12-14-2-4-15(5-3-14)16-6-7-18-17(10-16)11-19(25)23(29)22(18)28/h2-11H,12H2,1H3. The van der Waals surface area contributed by atoms with Crippen LogP contribution in [0.3, 0.4) is 0 Å². The van der Waals surface area contributed by atoms with Gasteiger partial charge in [-0.05, 0) is 58.8 Å². The molecule has 0 aliphatic rings. The minimum absolute atomic E-state index is 0.00942. The Bertz CT molecular complexity index is 1230. The van der Waals surface area contributed by atoms with Crippen LogP contribution in [0, 0.1) is 36.0 Å². The summed E-state index contributed by atoms with van der Waals surface area (Å²) >= 11 is 0. The maximum atomic E-state index is 13.9. The number of benzene rings is 4. The van der Waals surface area contributed by atoms with Gasteiger partial charge >= 0.3 is 0 Å². The Morgan fingerprint density at radius 2 is 1.30 bits per heavy atom. The molecule has 1 nitrogen and oxygen atoms in total. The summed E-state index contributed by atoms with van der Waals surface area (Å²) in [6.07, 6.45) is 0. The minimum Gasteiger partial charge on any atom is -0.483 e. The second-order valence-electron chi connectivity index (χ2n) is 6.97. The van der Waals surface area contributed by atoms with Gasteiger partial charge in [-0.3, -0.25) is 0 Å². The van der Waals surface area contributed by atoms with Gasteiger partial charge in [-0.1, -0.05) is 36.4 Å². The van der Waals surface area contributed by atoms with Gasteiger partial charge in [-0.15, -0.1) is 0 Å². The van der Waals surface area contributed by atoms with Gasteiger partial charge in [0.15, 0.2) is 34.8 Å². The Labute approximate surface area is 169 Å². The van der Waals surface area contributed by atoms with Crippen LogP contribution in [0.4, 0.5) is 22.0 Å². The molecular weight excluding hydrogens is 399 g/mol. The molecule has 0 atom stereocenters. The van der Waals surface area contributed by atoms with E-state index < -0.39 is 34.8 Å². The average molecular weight is 414 g/mol. The van der Waals surface area contributed by atoms with E-state index in [0.717, 1.165) is 11.6 Å². The number of hydrogen-bond acceptors (Lipinski definition) is 1. The highest BCUT2D eigenvalue weighted by Crippen LogP contribution is 2.29. The molecule has 0 N–H and O–H groups in total. The fourth-order valence-corrected chi connectivity index (χ4v) is 3.26. The predicted octanol–water partition coefficient (Wildman–Crippen LogP) is 7.09. The first-order valence-corrected chi connectivity index (χ1v) is 9.08. The van der Waals surface area contributed by atoms with E-state index in [1.165, 1.54) is 18.2 Å². The van der Waals surface area contributed by atoms with Crippen LogP contribution in [-0.4, -0.2) is 0 Å². The number of aryl methyl sites for hydroxylation is 1. The van der Waals surface area contributed by atoms with Crippen molar-refractivity contribution >= 4 is 10.8 Å². The molecule has 0 amide bonds. The zero-order chi connectivity index (χ0) is 21.4. The van der Waals surface area contributed by atoms with Crippen LogP contribution < -0.4 is 4.74 Å². The molecule has 0 unspecified atom stereocenters. The van der Waals surface area contributed by atoms with E-state index in [1.54, 1.807) is 43.3 Å². The topological polar surface area (TPSA) is 9.23 Å². The van der Waals surface area contributed by atoms with Crippen LogP contribution in [0.15, 0.2) is 60.7 Å². The van der Waals surface area contributed by atoms with Crippen molar-refractivity contribution in [1.82, 2.24) is 0 Å². The van der Waals surface area contributed by atoms with E-state index >= 15 is 0 Å². The maximum Gasteiger partial charge on any atom is 0.195 e. The van der Waals surface area contributed by atoms with Crippen molar-refractivity contribution < 1.29 is 26.7 Å². The molecular formula is C24H15F5O. The summed E-state index contributed by atoms with van der Waals surface area (Å²) in [7, 11) is 0. The highest BCUT2D eigenvalue weighted by Gasteiger charge is 2.14. The van der Waals surface area contributed by atoms with Crippen molar-refractivity contribution in [2.24, 2.45) is 0 Å².